The lowest BCUT2D eigenvalue weighted by molar-refractivity contribution is 0.0577. The molecule has 0 saturated carbocycles. The number of amides is 1. The fraction of sp³-hybridized carbons (Fsp3) is 0.478. The molecule has 3 fully saturated rings. The Kier molecular flexibility index (Phi) is 4.55. The number of aromatic nitrogens is 1. The number of rotatable bonds is 3. The number of carbonyl (C=O) groups excluding carboxylic acids is 1. The molecule has 4 aliphatic rings. The van der Waals surface area contributed by atoms with Crippen LogP contribution in [-0.4, -0.2) is 59.5 Å². The minimum Gasteiger partial charge on any atom is -0.480 e. The van der Waals surface area contributed by atoms with Crippen LogP contribution in [0.1, 0.15) is 34.3 Å². The molecule has 6 rings (SSSR count). The van der Waals surface area contributed by atoms with Crippen molar-refractivity contribution in [1.82, 2.24) is 14.8 Å². The van der Waals surface area contributed by atoms with Gasteiger partial charge < -0.3 is 9.64 Å². The van der Waals surface area contributed by atoms with E-state index < -0.39 is 0 Å². The Bertz CT molecular complexity index is 859. The van der Waals surface area contributed by atoms with Crippen LogP contribution in [0.15, 0.2) is 42.6 Å². The van der Waals surface area contributed by atoms with E-state index in [0.717, 1.165) is 38.9 Å². The molecule has 146 valence electrons. The zero-order valence-corrected chi connectivity index (χ0v) is 16.4. The SMILES string of the molecule is COc1ncccc1C(=O)N1C[C@H]2CC[C@@H]1CN(C1Cc3ccccc3C1)C2. The Hall–Kier alpha value is -2.40. The molecule has 2 bridgehead atoms. The third-order valence-corrected chi connectivity index (χ3v) is 6.74. The second-order valence-corrected chi connectivity index (χ2v) is 8.40. The van der Waals surface area contributed by atoms with E-state index in [-0.39, 0.29) is 11.9 Å². The largest absolute Gasteiger partial charge is 0.480 e. The first-order valence-corrected chi connectivity index (χ1v) is 10.3. The molecule has 3 saturated heterocycles. The molecule has 4 heterocycles. The third-order valence-electron chi connectivity index (χ3n) is 6.74. The van der Waals surface area contributed by atoms with Crippen molar-refractivity contribution in [3.05, 3.63) is 59.3 Å². The number of carbonyl (C=O) groups is 1. The summed E-state index contributed by atoms with van der Waals surface area (Å²) < 4.78 is 5.34. The van der Waals surface area contributed by atoms with E-state index in [0.29, 0.717) is 23.4 Å². The van der Waals surface area contributed by atoms with Crippen molar-refractivity contribution in [2.45, 2.75) is 37.8 Å². The summed E-state index contributed by atoms with van der Waals surface area (Å²) in [5.41, 5.74) is 3.58. The van der Waals surface area contributed by atoms with E-state index in [9.17, 15) is 4.79 Å². The highest BCUT2D eigenvalue weighted by Crippen LogP contribution is 2.34. The van der Waals surface area contributed by atoms with E-state index in [2.05, 4.69) is 39.0 Å². The van der Waals surface area contributed by atoms with Gasteiger partial charge in [-0.05, 0) is 54.9 Å². The van der Waals surface area contributed by atoms with Crippen LogP contribution in [0, 0.1) is 5.92 Å². The molecule has 1 aromatic carbocycles. The number of pyridine rings is 1. The van der Waals surface area contributed by atoms with Gasteiger partial charge in [0.2, 0.25) is 5.88 Å². The van der Waals surface area contributed by atoms with Crippen LogP contribution >= 0.6 is 0 Å². The number of piperidine rings is 1. The molecule has 28 heavy (non-hydrogen) atoms. The second kappa shape index (κ2) is 7.21. The summed E-state index contributed by atoms with van der Waals surface area (Å²) in [6, 6.07) is 13.3. The van der Waals surface area contributed by atoms with E-state index in [1.54, 1.807) is 13.3 Å². The number of fused-ring (bicyclic) bond motifs is 5. The first-order chi connectivity index (χ1) is 13.7. The zero-order chi connectivity index (χ0) is 19.1. The van der Waals surface area contributed by atoms with Crippen molar-refractivity contribution in [3.63, 3.8) is 0 Å². The Morgan fingerprint density at radius 2 is 1.79 bits per heavy atom. The van der Waals surface area contributed by atoms with Gasteiger partial charge in [-0.25, -0.2) is 4.98 Å². The minimum atomic E-state index is 0.0659. The van der Waals surface area contributed by atoms with Crippen LogP contribution in [0.25, 0.3) is 0 Å². The number of benzene rings is 1. The van der Waals surface area contributed by atoms with Gasteiger partial charge in [-0.1, -0.05) is 24.3 Å². The fourth-order valence-electron chi connectivity index (χ4n) is 5.33. The van der Waals surface area contributed by atoms with Gasteiger partial charge in [0.15, 0.2) is 0 Å². The Labute approximate surface area is 166 Å². The van der Waals surface area contributed by atoms with Crippen molar-refractivity contribution in [3.8, 4) is 5.88 Å². The summed E-state index contributed by atoms with van der Waals surface area (Å²) in [6.07, 6.45) is 6.26. The van der Waals surface area contributed by atoms with Gasteiger partial charge in [0.1, 0.15) is 5.56 Å². The summed E-state index contributed by atoms with van der Waals surface area (Å²) >= 11 is 0. The number of ether oxygens (including phenoxy) is 1. The number of hydrogen-bond donors (Lipinski definition) is 0. The molecule has 0 unspecified atom stereocenters. The molecular weight excluding hydrogens is 350 g/mol. The quantitative estimate of drug-likeness (QED) is 0.825. The van der Waals surface area contributed by atoms with Crippen LogP contribution in [-0.2, 0) is 12.8 Å². The van der Waals surface area contributed by atoms with Crippen LogP contribution in [0.4, 0.5) is 0 Å². The summed E-state index contributed by atoms with van der Waals surface area (Å²) in [5, 5.41) is 0. The third kappa shape index (κ3) is 3.08. The lowest BCUT2D eigenvalue weighted by Gasteiger charge is -2.36. The fourth-order valence-corrected chi connectivity index (χ4v) is 5.33. The van der Waals surface area contributed by atoms with E-state index in [1.165, 1.54) is 17.5 Å². The van der Waals surface area contributed by atoms with Crippen LogP contribution < -0.4 is 4.74 Å². The topological polar surface area (TPSA) is 45.7 Å². The van der Waals surface area contributed by atoms with Gasteiger partial charge in [0.25, 0.3) is 5.91 Å². The molecule has 1 aromatic heterocycles. The summed E-state index contributed by atoms with van der Waals surface area (Å²) in [4.78, 5) is 22.3. The number of methoxy groups -OCH3 is 1. The molecule has 3 aliphatic heterocycles. The van der Waals surface area contributed by atoms with Crippen molar-refractivity contribution in [2.75, 3.05) is 26.7 Å². The first kappa shape index (κ1) is 17.7. The van der Waals surface area contributed by atoms with Crippen molar-refractivity contribution < 1.29 is 9.53 Å². The molecule has 0 N–H and O–H groups in total. The Morgan fingerprint density at radius 1 is 1.00 bits per heavy atom. The summed E-state index contributed by atoms with van der Waals surface area (Å²) in [7, 11) is 1.58. The smallest absolute Gasteiger partial charge is 0.259 e. The number of hydrogen-bond acceptors (Lipinski definition) is 4. The van der Waals surface area contributed by atoms with E-state index >= 15 is 0 Å². The highest BCUT2D eigenvalue weighted by Gasteiger charge is 2.40. The number of nitrogens with zero attached hydrogens (tertiary/aromatic N) is 3. The van der Waals surface area contributed by atoms with Gasteiger partial charge in [-0.15, -0.1) is 0 Å². The maximum absolute atomic E-state index is 13.3. The highest BCUT2D eigenvalue weighted by molar-refractivity contribution is 5.96. The van der Waals surface area contributed by atoms with Crippen molar-refractivity contribution in [1.29, 1.82) is 0 Å². The molecular formula is C23H27N3O2. The molecule has 1 aliphatic carbocycles. The van der Waals surface area contributed by atoms with Gasteiger partial charge in [0.05, 0.1) is 7.11 Å². The lowest BCUT2D eigenvalue weighted by atomic mass is 9.94. The Morgan fingerprint density at radius 3 is 2.54 bits per heavy atom. The van der Waals surface area contributed by atoms with E-state index in [4.69, 9.17) is 4.74 Å². The van der Waals surface area contributed by atoms with Gasteiger partial charge in [-0.2, -0.15) is 0 Å². The molecule has 5 heteroatoms. The van der Waals surface area contributed by atoms with Gasteiger partial charge in [0, 0.05) is 37.9 Å². The lowest BCUT2D eigenvalue weighted by Crippen LogP contribution is -2.48. The van der Waals surface area contributed by atoms with Crippen LogP contribution in [0.3, 0.4) is 0 Å². The van der Waals surface area contributed by atoms with Crippen LogP contribution in [0.2, 0.25) is 0 Å². The van der Waals surface area contributed by atoms with Crippen molar-refractivity contribution >= 4 is 5.91 Å². The molecule has 0 radical (unpaired) electrons. The summed E-state index contributed by atoms with van der Waals surface area (Å²) in [6.45, 7) is 2.92. The van der Waals surface area contributed by atoms with Crippen molar-refractivity contribution in [2.24, 2.45) is 5.92 Å². The molecule has 0 spiro atoms. The highest BCUT2D eigenvalue weighted by atomic mass is 16.5. The van der Waals surface area contributed by atoms with Crippen LogP contribution in [0.5, 0.6) is 5.88 Å². The molecule has 2 aromatic rings. The summed E-state index contributed by atoms with van der Waals surface area (Å²) in [5.74, 6) is 1.04. The monoisotopic (exact) mass is 377 g/mol. The van der Waals surface area contributed by atoms with Gasteiger partial charge >= 0.3 is 0 Å². The average Bonchev–Trinajstić information content (AvgIpc) is 2.96. The first-order valence-electron chi connectivity index (χ1n) is 10.3. The maximum Gasteiger partial charge on any atom is 0.259 e. The zero-order valence-electron chi connectivity index (χ0n) is 16.4. The molecule has 5 nitrogen and oxygen atoms in total. The second-order valence-electron chi connectivity index (χ2n) is 8.40. The predicted molar refractivity (Wildman–Crippen MR) is 108 cm³/mol. The minimum absolute atomic E-state index is 0.0659. The Balaban J connectivity index is 1.35. The molecule has 1 amide bonds. The maximum atomic E-state index is 13.3. The van der Waals surface area contributed by atoms with E-state index in [1.807, 2.05) is 12.1 Å². The standard InChI is InChI=1S/C23H27N3O2/c1-28-22-21(7-4-10-24-22)23(27)26-14-16-8-9-19(26)15-25(13-16)20-11-17-5-2-3-6-18(17)12-20/h2-7,10,16,19-20H,8-9,11-15H2,1H3/t16-,19+/m0/s1. The normalized spacial score (nSPS) is 24.8. The average molecular weight is 377 g/mol. The molecule has 2 atom stereocenters. The predicted octanol–water partition coefficient (Wildman–Crippen LogP) is 2.79. The van der Waals surface area contributed by atoms with Gasteiger partial charge in [-0.3, -0.25) is 9.69 Å².